The third-order valence-corrected chi connectivity index (χ3v) is 4.13. The first-order valence-electron chi connectivity index (χ1n) is 7.66. The summed E-state index contributed by atoms with van der Waals surface area (Å²) in [6.07, 6.45) is 0.760. The van der Waals surface area contributed by atoms with E-state index < -0.39 is 0 Å². The molecule has 0 fully saturated rings. The molecule has 7 heteroatoms. The molecule has 0 radical (unpaired) electrons. The number of methoxy groups -OCH3 is 1. The fourth-order valence-electron chi connectivity index (χ4n) is 2.94. The van der Waals surface area contributed by atoms with Gasteiger partial charge in [-0.2, -0.15) is 0 Å². The summed E-state index contributed by atoms with van der Waals surface area (Å²) in [5.41, 5.74) is 4.45. The number of aldehydes is 1. The molecule has 2 aromatic carbocycles. The van der Waals surface area contributed by atoms with E-state index in [1.807, 2.05) is 25.1 Å². The zero-order valence-electron chi connectivity index (χ0n) is 13.7. The van der Waals surface area contributed by atoms with Crippen molar-refractivity contribution in [2.45, 2.75) is 6.92 Å². The van der Waals surface area contributed by atoms with E-state index in [9.17, 15) is 4.79 Å². The van der Waals surface area contributed by atoms with Gasteiger partial charge in [-0.05, 0) is 42.8 Å². The van der Waals surface area contributed by atoms with Crippen LogP contribution in [0.25, 0.3) is 22.5 Å². The SMILES string of the molecule is COc1ccc(-c2[nH]nnc2-c2cc(C)c3c(c2)OCO3)cc1C=O. The monoisotopic (exact) mass is 337 g/mol. The van der Waals surface area contributed by atoms with Crippen molar-refractivity contribution >= 4 is 6.29 Å². The standard InChI is InChI=1S/C18H15N3O4/c1-10-5-12(7-15-18(10)25-9-24-15)17-16(19-21-20-17)11-3-4-14(23-2)13(6-11)8-22/h3-8H,9H2,1-2H3,(H,19,20,21). The molecule has 1 aliphatic heterocycles. The van der Waals surface area contributed by atoms with Crippen molar-refractivity contribution < 1.29 is 19.0 Å². The van der Waals surface area contributed by atoms with Gasteiger partial charge in [0, 0.05) is 11.1 Å². The normalized spacial score (nSPS) is 12.2. The molecule has 3 aromatic rings. The number of fused-ring (bicyclic) bond motifs is 1. The zero-order chi connectivity index (χ0) is 17.4. The largest absolute Gasteiger partial charge is 0.496 e. The highest BCUT2D eigenvalue weighted by Crippen LogP contribution is 2.40. The molecule has 0 unspecified atom stereocenters. The molecule has 25 heavy (non-hydrogen) atoms. The minimum Gasteiger partial charge on any atom is -0.496 e. The van der Waals surface area contributed by atoms with Crippen molar-refractivity contribution in [3.8, 4) is 39.8 Å². The lowest BCUT2D eigenvalue weighted by Gasteiger charge is -2.08. The summed E-state index contributed by atoms with van der Waals surface area (Å²) in [6.45, 7) is 2.17. The molecular weight excluding hydrogens is 322 g/mol. The van der Waals surface area contributed by atoms with Crippen LogP contribution in [0.5, 0.6) is 17.2 Å². The van der Waals surface area contributed by atoms with Gasteiger partial charge in [-0.1, -0.05) is 5.21 Å². The molecule has 0 saturated carbocycles. The van der Waals surface area contributed by atoms with Gasteiger partial charge in [-0.25, -0.2) is 0 Å². The molecule has 7 nitrogen and oxygen atoms in total. The minimum atomic E-state index is 0.215. The van der Waals surface area contributed by atoms with Gasteiger partial charge < -0.3 is 14.2 Å². The van der Waals surface area contributed by atoms with Gasteiger partial charge in [0.15, 0.2) is 17.8 Å². The Hall–Kier alpha value is -3.35. The molecular formula is C18H15N3O4. The van der Waals surface area contributed by atoms with Crippen molar-refractivity contribution in [3.63, 3.8) is 0 Å². The number of aromatic nitrogens is 3. The third-order valence-electron chi connectivity index (χ3n) is 4.13. The maximum absolute atomic E-state index is 11.3. The average Bonchev–Trinajstić information content (AvgIpc) is 3.30. The molecule has 0 aliphatic carbocycles. The Balaban J connectivity index is 1.82. The number of aryl methyl sites for hydroxylation is 1. The van der Waals surface area contributed by atoms with Crippen molar-refractivity contribution in [2.75, 3.05) is 13.9 Å². The van der Waals surface area contributed by atoms with Crippen molar-refractivity contribution in [1.29, 1.82) is 0 Å². The number of carbonyl (C=O) groups excluding carboxylic acids is 1. The Bertz CT molecular complexity index is 965. The molecule has 2 heterocycles. The molecule has 0 atom stereocenters. The van der Waals surface area contributed by atoms with E-state index in [1.165, 1.54) is 7.11 Å². The average molecular weight is 337 g/mol. The van der Waals surface area contributed by atoms with Crippen molar-refractivity contribution in [1.82, 2.24) is 15.4 Å². The quantitative estimate of drug-likeness (QED) is 0.737. The molecule has 0 amide bonds. The minimum absolute atomic E-state index is 0.215. The Kier molecular flexibility index (Phi) is 3.61. The van der Waals surface area contributed by atoms with Gasteiger partial charge in [-0.3, -0.25) is 9.89 Å². The maximum atomic E-state index is 11.3. The lowest BCUT2D eigenvalue weighted by molar-refractivity contribution is 0.112. The van der Waals surface area contributed by atoms with Crippen LogP contribution in [0.15, 0.2) is 30.3 Å². The predicted molar refractivity (Wildman–Crippen MR) is 90.1 cm³/mol. The second kappa shape index (κ2) is 5.94. The summed E-state index contributed by atoms with van der Waals surface area (Å²) in [7, 11) is 1.53. The molecule has 126 valence electrons. The summed E-state index contributed by atoms with van der Waals surface area (Å²) in [5.74, 6) is 1.96. The molecule has 1 N–H and O–H groups in total. The number of rotatable bonds is 4. The Labute approximate surface area is 143 Å². The fraction of sp³-hybridized carbons (Fsp3) is 0.167. The summed E-state index contributed by atoms with van der Waals surface area (Å²) < 4.78 is 16.1. The van der Waals surface area contributed by atoms with Gasteiger partial charge in [-0.15, -0.1) is 5.10 Å². The van der Waals surface area contributed by atoms with E-state index in [0.29, 0.717) is 28.5 Å². The Morgan fingerprint density at radius 3 is 2.88 bits per heavy atom. The summed E-state index contributed by atoms with van der Waals surface area (Å²) in [4.78, 5) is 11.3. The number of ether oxygens (including phenoxy) is 3. The van der Waals surface area contributed by atoms with Crippen molar-refractivity contribution in [3.05, 3.63) is 41.5 Å². The second-order valence-corrected chi connectivity index (χ2v) is 5.64. The first-order chi connectivity index (χ1) is 12.2. The van der Waals surface area contributed by atoms with E-state index in [2.05, 4.69) is 15.4 Å². The second-order valence-electron chi connectivity index (χ2n) is 5.64. The summed E-state index contributed by atoms with van der Waals surface area (Å²) in [6, 6.07) is 9.18. The number of hydrogen-bond acceptors (Lipinski definition) is 6. The smallest absolute Gasteiger partial charge is 0.231 e. The Morgan fingerprint density at radius 1 is 1.20 bits per heavy atom. The van der Waals surface area contributed by atoms with E-state index in [0.717, 1.165) is 28.7 Å². The highest BCUT2D eigenvalue weighted by atomic mass is 16.7. The number of aromatic amines is 1. The van der Waals surface area contributed by atoms with Crippen LogP contribution in [0, 0.1) is 6.92 Å². The molecule has 1 aliphatic rings. The van der Waals surface area contributed by atoms with Crippen LogP contribution in [0.1, 0.15) is 15.9 Å². The van der Waals surface area contributed by atoms with Crippen LogP contribution in [0.4, 0.5) is 0 Å². The van der Waals surface area contributed by atoms with Gasteiger partial charge in [0.25, 0.3) is 0 Å². The van der Waals surface area contributed by atoms with Crippen LogP contribution in [-0.4, -0.2) is 35.6 Å². The van der Waals surface area contributed by atoms with Crippen LogP contribution in [0.3, 0.4) is 0 Å². The first-order valence-corrected chi connectivity index (χ1v) is 7.66. The molecule has 1 aromatic heterocycles. The van der Waals surface area contributed by atoms with Crippen LogP contribution in [0.2, 0.25) is 0 Å². The molecule has 0 saturated heterocycles. The number of nitrogens with one attached hydrogen (secondary N) is 1. The van der Waals surface area contributed by atoms with E-state index in [-0.39, 0.29) is 6.79 Å². The van der Waals surface area contributed by atoms with E-state index >= 15 is 0 Å². The van der Waals surface area contributed by atoms with E-state index in [1.54, 1.807) is 12.1 Å². The van der Waals surface area contributed by atoms with Crippen LogP contribution < -0.4 is 14.2 Å². The first kappa shape index (κ1) is 15.2. The van der Waals surface area contributed by atoms with Crippen LogP contribution >= 0.6 is 0 Å². The van der Waals surface area contributed by atoms with Gasteiger partial charge in [0.2, 0.25) is 6.79 Å². The number of H-pyrrole nitrogens is 1. The third kappa shape index (κ3) is 2.50. The molecule has 0 bridgehead atoms. The predicted octanol–water partition coefficient (Wildman–Crippen LogP) is 3.00. The van der Waals surface area contributed by atoms with Gasteiger partial charge in [0.05, 0.1) is 18.4 Å². The topological polar surface area (TPSA) is 86.3 Å². The highest BCUT2D eigenvalue weighted by molar-refractivity contribution is 5.85. The Morgan fingerprint density at radius 2 is 2.08 bits per heavy atom. The fourth-order valence-corrected chi connectivity index (χ4v) is 2.94. The van der Waals surface area contributed by atoms with Crippen molar-refractivity contribution in [2.24, 2.45) is 0 Å². The lowest BCUT2D eigenvalue weighted by Crippen LogP contribution is -1.93. The summed E-state index contributed by atoms with van der Waals surface area (Å²) >= 11 is 0. The van der Waals surface area contributed by atoms with Crippen LogP contribution in [-0.2, 0) is 0 Å². The number of hydrogen-bond donors (Lipinski definition) is 1. The van der Waals surface area contributed by atoms with Gasteiger partial charge >= 0.3 is 0 Å². The molecule has 4 rings (SSSR count). The zero-order valence-corrected chi connectivity index (χ0v) is 13.7. The highest BCUT2D eigenvalue weighted by Gasteiger charge is 2.21. The number of benzene rings is 2. The number of nitrogens with zero attached hydrogens (tertiary/aromatic N) is 2. The van der Waals surface area contributed by atoms with E-state index in [4.69, 9.17) is 14.2 Å². The maximum Gasteiger partial charge on any atom is 0.231 e. The number of carbonyl (C=O) groups is 1. The summed E-state index contributed by atoms with van der Waals surface area (Å²) in [5, 5.41) is 11.0. The van der Waals surface area contributed by atoms with Gasteiger partial charge in [0.1, 0.15) is 11.4 Å². The lowest BCUT2D eigenvalue weighted by atomic mass is 10.0. The molecule has 0 spiro atoms.